The predicted molar refractivity (Wildman–Crippen MR) is 86.9 cm³/mol. The summed E-state index contributed by atoms with van der Waals surface area (Å²) >= 11 is 5.96. The highest BCUT2D eigenvalue weighted by molar-refractivity contribution is 6.17. The van der Waals surface area contributed by atoms with Crippen LogP contribution in [0, 0.1) is 6.92 Å². The van der Waals surface area contributed by atoms with E-state index in [0.717, 1.165) is 23.5 Å². The Labute approximate surface area is 129 Å². The number of aryl methyl sites for hydroxylation is 2. The predicted octanol–water partition coefficient (Wildman–Crippen LogP) is 4.13. The molecule has 3 aromatic rings. The Hall–Kier alpha value is -1.87. The van der Waals surface area contributed by atoms with Crippen LogP contribution in [-0.2, 0) is 6.42 Å². The van der Waals surface area contributed by atoms with Crippen molar-refractivity contribution < 1.29 is 0 Å². The van der Waals surface area contributed by atoms with Crippen LogP contribution in [0.3, 0.4) is 0 Å². The zero-order chi connectivity index (χ0) is 14.8. The maximum Gasteiger partial charge on any atom is 0.111 e. The van der Waals surface area contributed by atoms with Crippen LogP contribution in [0.5, 0.6) is 0 Å². The van der Waals surface area contributed by atoms with E-state index in [2.05, 4.69) is 41.6 Å². The maximum absolute atomic E-state index is 5.96. The van der Waals surface area contributed by atoms with Crippen molar-refractivity contribution in [2.75, 3.05) is 5.88 Å². The van der Waals surface area contributed by atoms with Gasteiger partial charge in [-0.1, -0.05) is 18.2 Å². The molecule has 0 aliphatic rings. The number of benzene rings is 1. The fourth-order valence-corrected chi connectivity index (χ4v) is 2.97. The molecule has 3 rings (SSSR count). The molecule has 2 aromatic heterocycles. The standard InChI is InChI=1S/C17H18ClN3/c1-12-6-5-8-15-17(12)21(16(20-15)9-10-18)13(2)14-7-3-4-11-19-14/h3-8,11,13H,9-10H2,1-2H3. The van der Waals surface area contributed by atoms with Gasteiger partial charge in [-0.05, 0) is 37.6 Å². The molecule has 0 bridgehead atoms. The molecule has 0 saturated heterocycles. The van der Waals surface area contributed by atoms with Gasteiger partial charge in [0.25, 0.3) is 0 Å². The van der Waals surface area contributed by atoms with Gasteiger partial charge >= 0.3 is 0 Å². The van der Waals surface area contributed by atoms with E-state index < -0.39 is 0 Å². The smallest absolute Gasteiger partial charge is 0.111 e. The molecule has 0 N–H and O–H groups in total. The number of para-hydroxylation sites is 1. The topological polar surface area (TPSA) is 30.7 Å². The van der Waals surface area contributed by atoms with Gasteiger partial charge in [-0.3, -0.25) is 4.98 Å². The van der Waals surface area contributed by atoms with Crippen LogP contribution < -0.4 is 0 Å². The average molecular weight is 300 g/mol. The molecule has 1 atom stereocenters. The monoisotopic (exact) mass is 299 g/mol. The van der Waals surface area contributed by atoms with E-state index in [1.165, 1.54) is 11.1 Å². The molecule has 1 aromatic carbocycles. The minimum atomic E-state index is 0.135. The second kappa shape index (κ2) is 5.86. The molecule has 2 heterocycles. The highest BCUT2D eigenvalue weighted by atomic mass is 35.5. The molecule has 0 amide bonds. The molecule has 1 unspecified atom stereocenters. The molecule has 0 fully saturated rings. The van der Waals surface area contributed by atoms with Crippen LogP contribution in [0.4, 0.5) is 0 Å². The maximum atomic E-state index is 5.96. The van der Waals surface area contributed by atoms with Gasteiger partial charge in [0, 0.05) is 18.5 Å². The summed E-state index contributed by atoms with van der Waals surface area (Å²) in [4.78, 5) is 9.25. The summed E-state index contributed by atoms with van der Waals surface area (Å²) in [6, 6.07) is 12.4. The van der Waals surface area contributed by atoms with Gasteiger partial charge in [-0.25, -0.2) is 4.98 Å². The van der Waals surface area contributed by atoms with Crippen molar-refractivity contribution in [3.63, 3.8) is 0 Å². The number of halogens is 1. The summed E-state index contributed by atoms with van der Waals surface area (Å²) in [5, 5.41) is 0. The van der Waals surface area contributed by atoms with Crippen molar-refractivity contribution in [1.29, 1.82) is 0 Å². The van der Waals surface area contributed by atoms with E-state index in [1.54, 1.807) is 0 Å². The van der Waals surface area contributed by atoms with Gasteiger partial charge in [0.15, 0.2) is 0 Å². The zero-order valence-electron chi connectivity index (χ0n) is 12.3. The number of aromatic nitrogens is 3. The van der Waals surface area contributed by atoms with E-state index in [-0.39, 0.29) is 6.04 Å². The molecule has 21 heavy (non-hydrogen) atoms. The Bertz CT molecular complexity index is 749. The number of alkyl halides is 1. The zero-order valence-corrected chi connectivity index (χ0v) is 13.0. The van der Waals surface area contributed by atoms with Crippen molar-refractivity contribution in [1.82, 2.24) is 14.5 Å². The SMILES string of the molecule is Cc1cccc2nc(CCCl)n(C(C)c3ccccn3)c12. The Kier molecular flexibility index (Phi) is 3.93. The molecule has 4 heteroatoms. The number of hydrogen-bond donors (Lipinski definition) is 0. The van der Waals surface area contributed by atoms with Gasteiger partial charge in [-0.2, -0.15) is 0 Å². The van der Waals surface area contributed by atoms with E-state index >= 15 is 0 Å². The normalized spacial score (nSPS) is 12.7. The molecular weight excluding hydrogens is 282 g/mol. The Morgan fingerprint density at radius 1 is 1.19 bits per heavy atom. The van der Waals surface area contributed by atoms with Crippen molar-refractivity contribution >= 4 is 22.6 Å². The molecule has 0 aliphatic heterocycles. The first-order valence-electron chi connectivity index (χ1n) is 7.15. The molecule has 0 radical (unpaired) electrons. The number of fused-ring (bicyclic) bond motifs is 1. The summed E-state index contributed by atoms with van der Waals surface area (Å²) in [5.74, 6) is 1.59. The quantitative estimate of drug-likeness (QED) is 0.678. The Morgan fingerprint density at radius 2 is 2.05 bits per heavy atom. The molecule has 0 spiro atoms. The van der Waals surface area contributed by atoms with Gasteiger partial charge < -0.3 is 4.57 Å². The lowest BCUT2D eigenvalue weighted by Gasteiger charge is -2.18. The average Bonchev–Trinajstić information content (AvgIpc) is 2.87. The lowest BCUT2D eigenvalue weighted by atomic mass is 10.1. The Morgan fingerprint density at radius 3 is 2.76 bits per heavy atom. The number of rotatable bonds is 4. The van der Waals surface area contributed by atoms with Gasteiger partial charge in [0.1, 0.15) is 5.82 Å². The highest BCUT2D eigenvalue weighted by Crippen LogP contribution is 2.27. The van der Waals surface area contributed by atoms with Crippen LogP contribution in [-0.4, -0.2) is 20.4 Å². The molecule has 0 saturated carbocycles. The summed E-state index contributed by atoms with van der Waals surface area (Å²) in [6.07, 6.45) is 2.59. The number of pyridine rings is 1. The third kappa shape index (κ3) is 2.54. The van der Waals surface area contributed by atoms with Crippen LogP contribution in [0.15, 0.2) is 42.6 Å². The fraction of sp³-hybridized carbons (Fsp3) is 0.294. The molecule has 0 aliphatic carbocycles. The minimum absolute atomic E-state index is 0.135. The van der Waals surface area contributed by atoms with Gasteiger partial charge in [0.05, 0.1) is 22.8 Å². The van der Waals surface area contributed by atoms with Crippen molar-refractivity contribution in [2.45, 2.75) is 26.3 Å². The fourth-order valence-electron chi connectivity index (χ4n) is 2.80. The van der Waals surface area contributed by atoms with Crippen LogP contribution in [0.1, 0.15) is 30.0 Å². The minimum Gasteiger partial charge on any atom is -0.319 e. The second-order valence-corrected chi connectivity index (χ2v) is 5.59. The lowest BCUT2D eigenvalue weighted by molar-refractivity contribution is 0.607. The first kappa shape index (κ1) is 14.1. The largest absolute Gasteiger partial charge is 0.319 e. The summed E-state index contributed by atoms with van der Waals surface area (Å²) in [7, 11) is 0. The van der Waals surface area contributed by atoms with Crippen LogP contribution >= 0.6 is 11.6 Å². The first-order chi connectivity index (χ1) is 10.2. The van der Waals surface area contributed by atoms with Crippen molar-refractivity contribution in [3.8, 4) is 0 Å². The lowest BCUT2D eigenvalue weighted by Crippen LogP contribution is -2.13. The summed E-state index contributed by atoms with van der Waals surface area (Å²) in [5.41, 5.74) is 4.47. The van der Waals surface area contributed by atoms with E-state index in [9.17, 15) is 0 Å². The first-order valence-corrected chi connectivity index (χ1v) is 7.69. The van der Waals surface area contributed by atoms with Crippen LogP contribution in [0.2, 0.25) is 0 Å². The number of imidazole rings is 1. The van der Waals surface area contributed by atoms with Crippen molar-refractivity contribution in [3.05, 3.63) is 59.7 Å². The molecule has 108 valence electrons. The third-order valence-electron chi connectivity index (χ3n) is 3.81. The van der Waals surface area contributed by atoms with Gasteiger partial charge in [-0.15, -0.1) is 11.6 Å². The summed E-state index contributed by atoms with van der Waals surface area (Å²) < 4.78 is 2.27. The van der Waals surface area contributed by atoms with Gasteiger partial charge in [0.2, 0.25) is 0 Å². The Balaban J connectivity index is 2.21. The molecular formula is C17H18ClN3. The highest BCUT2D eigenvalue weighted by Gasteiger charge is 2.18. The second-order valence-electron chi connectivity index (χ2n) is 5.21. The van der Waals surface area contributed by atoms with E-state index in [4.69, 9.17) is 16.6 Å². The summed E-state index contributed by atoms with van der Waals surface area (Å²) in [6.45, 7) is 4.28. The third-order valence-corrected chi connectivity index (χ3v) is 4.00. The number of nitrogens with zero attached hydrogens (tertiary/aromatic N) is 3. The van der Waals surface area contributed by atoms with Crippen molar-refractivity contribution in [2.24, 2.45) is 0 Å². The molecule has 3 nitrogen and oxygen atoms in total. The van der Waals surface area contributed by atoms with E-state index in [0.29, 0.717) is 5.88 Å². The van der Waals surface area contributed by atoms with E-state index in [1.807, 2.05) is 24.4 Å². The van der Waals surface area contributed by atoms with Crippen LogP contribution in [0.25, 0.3) is 11.0 Å². The number of hydrogen-bond acceptors (Lipinski definition) is 2.